The predicted octanol–water partition coefficient (Wildman–Crippen LogP) is 5.11. The molecule has 0 saturated carbocycles. The Balaban J connectivity index is 1.97. The highest BCUT2D eigenvalue weighted by atomic mass is 35.5. The number of rotatable bonds is 7. The van der Waals surface area contributed by atoms with E-state index in [0.717, 1.165) is 35.1 Å². The number of aryl methyl sites for hydroxylation is 1. The van der Waals surface area contributed by atoms with Gasteiger partial charge in [0.05, 0.1) is 22.7 Å². The van der Waals surface area contributed by atoms with Crippen LogP contribution in [-0.2, 0) is 16.6 Å². The minimum absolute atomic E-state index is 0.128. The zero-order chi connectivity index (χ0) is 19.6. The summed E-state index contributed by atoms with van der Waals surface area (Å²) in [4.78, 5) is 0. The van der Waals surface area contributed by atoms with Gasteiger partial charge in [-0.25, -0.2) is 8.42 Å². The number of unbranched alkanes of at least 4 members (excludes halogenated alkanes) is 1. The fraction of sp³-hybridized carbons (Fsp3) is 0.300. The third-order valence-corrected chi connectivity index (χ3v) is 6.19. The Morgan fingerprint density at radius 1 is 1.11 bits per heavy atom. The molecule has 3 rings (SSSR count). The summed E-state index contributed by atoms with van der Waals surface area (Å²) in [7, 11) is -3.32. The Morgan fingerprint density at radius 3 is 2.44 bits per heavy atom. The van der Waals surface area contributed by atoms with E-state index in [4.69, 9.17) is 17.3 Å². The largest absolute Gasteiger partial charge is 0.396 e. The number of halogens is 1. The standard InChI is InChI=1S/C20H24ClN3O2S/c1-3-5-12-27(25,26)23-16-9-6-14(7-10-16)20-19(22)17-13-15(21)8-11-18(17)24(20)4-2/h6-11,13,23H,3-5,12,22H2,1-2H3. The SMILES string of the molecule is CCCCS(=O)(=O)Nc1ccc(-c2c(N)c3cc(Cl)ccc3n2CC)cc1. The molecule has 0 aliphatic carbocycles. The molecule has 1 heterocycles. The fourth-order valence-electron chi connectivity index (χ4n) is 3.25. The first-order chi connectivity index (χ1) is 12.9. The van der Waals surface area contributed by atoms with E-state index in [1.165, 1.54) is 0 Å². The molecule has 0 aliphatic heterocycles. The molecule has 0 bridgehead atoms. The number of nitrogens with zero attached hydrogens (tertiary/aromatic N) is 1. The van der Waals surface area contributed by atoms with Gasteiger partial charge in [0.25, 0.3) is 0 Å². The average Bonchev–Trinajstić information content (AvgIpc) is 2.92. The van der Waals surface area contributed by atoms with Gasteiger partial charge in [0.1, 0.15) is 0 Å². The zero-order valence-corrected chi connectivity index (χ0v) is 17.1. The summed E-state index contributed by atoms with van der Waals surface area (Å²) in [5.74, 6) is 0.128. The fourth-order valence-corrected chi connectivity index (χ4v) is 4.69. The molecule has 0 saturated heterocycles. The Bertz CT molecular complexity index is 1060. The quantitative estimate of drug-likeness (QED) is 0.573. The van der Waals surface area contributed by atoms with Crippen LogP contribution in [0.2, 0.25) is 5.02 Å². The maximum Gasteiger partial charge on any atom is 0.232 e. The number of benzene rings is 2. The van der Waals surface area contributed by atoms with Crippen molar-refractivity contribution in [1.29, 1.82) is 0 Å². The molecule has 144 valence electrons. The molecule has 0 aliphatic rings. The van der Waals surface area contributed by atoms with Gasteiger partial charge in [-0.15, -0.1) is 0 Å². The van der Waals surface area contributed by atoms with Crippen molar-refractivity contribution in [3.63, 3.8) is 0 Å². The van der Waals surface area contributed by atoms with E-state index >= 15 is 0 Å². The number of nitrogen functional groups attached to an aromatic ring is 1. The first-order valence-corrected chi connectivity index (χ1v) is 11.1. The summed E-state index contributed by atoms with van der Waals surface area (Å²) in [6, 6.07) is 13.0. The number of nitrogens with one attached hydrogen (secondary N) is 1. The van der Waals surface area contributed by atoms with Gasteiger partial charge in [0.2, 0.25) is 10.0 Å². The minimum Gasteiger partial charge on any atom is -0.396 e. The first-order valence-electron chi connectivity index (χ1n) is 9.04. The van der Waals surface area contributed by atoms with E-state index in [1.54, 1.807) is 12.1 Å². The van der Waals surface area contributed by atoms with Gasteiger partial charge in [-0.3, -0.25) is 4.72 Å². The van der Waals surface area contributed by atoms with E-state index in [-0.39, 0.29) is 5.75 Å². The van der Waals surface area contributed by atoms with Crippen molar-refractivity contribution in [1.82, 2.24) is 4.57 Å². The Hall–Kier alpha value is -2.18. The van der Waals surface area contributed by atoms with Crippen LogP contribution in [0.5, 0.6) is 0 Å². The Labute approximate surface area is 165 Å². The topological polar surface area (TPSA) is 77.1 Å². The van der Waals surface area contributed by atoms with Crippen LogP contribution in [0, 0.1) is 0 Å². The molecule has 0 amide bonds. The van der Waals surface area contributed by atoms with Crippen molar-refractivity contribution in [3.05, 3.63) is 47.5 Å². The van der Waals surface area contributed by atoms with E-state index in [9.17, 15) is 8.42 Å². The van der Waals surface area contributed by atoms with Crippen molar-refractivity contribution in [2.24, 2.45) is 0 Å². The molecular weight excluding hydrogens is 382 g/mol. The van der Waals surface area contributed by atoms with Crippen LogP contribution >= 0.6 is 11.6 Å². The van der Waals surface area contributed by atoms with Crippen molar-refractivity contribution < 1.29 is 8.42 Å². The van der Waals surface area contributed by atoms with Crippen molar-refractivity contribution in [2.75, 3.05) is 16.2 Å². The summed E-state index contributed by atoms with van der Waals surface area (Å²) in [6.07, 6.45) is 1.48. The molecule has 27 heavy (non-hydrogen) atoms. The lowest BCUT2D eigenvalue weighted by atomic mass is 10.1. The lowest BCUT2D eigenvalue weighted by Gasteiger charge is -2.11. The van der Waals surface area contributed by atoms with Crippen LogP contribution in [0.25, 0.3) is 22.2 Å². The van der Waals surface area contributed by atoms with Gasteiger partial charge in [0, 0.05) is 28.2 Å². The third kappa shape index (κ3) is 4.06. The maximum absolute atomic E-state index is 12.1. The average molecular weight is 406 g/mol. The zero-order valence-electron chi connectivity index (χ0n) is 15.5. The number of sulfonamides is 1. The highest BCUT2D eigenvalue weighted by Crippen LogP contribution is 2.37. The van der Waals surface area contributed by atoms with Gasteiger partial charge in [-0.05, 0) is 43.7 Å². The number of fused-ring (bicyclic) bond motifs is 1. The van der Waals surface area contributed by atoms with Crippen LogP contribution in [0.1, 0.15) is 26.7 Å². The summed E-state index contributed by atoms with van der Waals surface area (Å²) in [5, 5.41) is 1.56. The van der Waals surface area contributed by atoms with E-state index in [2.05, 4.69) is 16.2 Å². The molecule has 1 aromatic heterocycles. The lowest BCUT2D eigenvalue weighted by Crippen LogP contribution is -2.16. The van der Waals surface area contributed by atoms with Gasteiger partial charge in [0.15, 0.2) is 0 Å². The van der Waals surface area contributed by atoms with Gasteiger partial charge >= 0.3 is 0 Å². The van der Waals surface area contributed by atoms with Crippen LogP contribution in [-0.4, -0.2) is 18.7 Å². The highest BCUT2D eigenvalue weighted by Gasteiger charge is 2.16. The van der Waals surface area contributed by atoms with Crippen LogP contribution in [0.15, 0.2) is 42.5 Å². The second kappa shape index (κ2) is 7.82. The van der Waals surface area contributed by atoms with E-state index < -0.39 is 10.0 Å². The molecule has 3 N–H and O–H groups in total. The van der Waals surface area contributed by atoms with Crippen molar-refractivity contribution >= 4 is 43.9 Å². The van der Waals surface area contributed by atoms with Gasteiger partial charge < -0.3 is 10.3 Å². The van der Waals surface area contributed by atoms with Crippen LogP contribution in [0.3, 0.4) is 0 Å². The molecule has 0 atom stereocenters. The Kier molecular flexibility index (Phi) is 5.67. The van der Waals surface area contributed by atoms with Crippen molar-refractivity contribution in [2.45, 2.75) is 33.2 Å². The lowest BCUT2D eigenvalue weighted by molar-refractivity contribution is 0.598. The molecule has 0 unspecified atom stereocenters. The number of anilines is 2. The molecule has 5 nitrogen and oxygen atoms in total. The number of nitrogens with two attached hydrogens (primary N) is 1. The smallest absolute Gasteiger partial charge is 0.232 e. The molecule has 2 aromatic carbocycles. The summed E-state index contributed by atoms with van der Waals surface area (Å²) < 4.78 is 28.9. The number of hydrogen-bond donors (Lipinski definition) is 2. The van der Waals surface area contributed by atoms with E-state index in [1.807, 2.05) is 37.3 Å². The highest BCUT2D eigenvalue weighted by molar-refractivity contribution is 7.92. The second-order valence-electron chi connectivity index (χ2n) is 6.52. The predicted molar refractivity (Wildman–Crippen MR) is 115 cm³/mol. The van der Waals surface area contributed by atoms with Gasteiger partial charge in [-0.1, -0.05) is 37.1 Å². The Morgan fingerprint density at radius 2 is 1.81 bits per heavy atom. The first kappa shape index (κ1) is 19.6. The van der Waals surface area contributed by atoms with Crippen LogP contribution in [0.4, 0.5) is 11.4 Å². The number of hydrogen-bond acceptors (Lipinski definition) is 3. The summed E-state index contributed by atoms with van der Waals surface area (Å²) in [5.41, 5.74) is 10.5. The third-order valence-electron chi connectivity index (χ3n) is 4.58. The molecule has 7 heteroatoms. The summed E-state index contributed by atoms with van der Waals surface area (Å²) >= 11 is 6.13. The van der Waals surface area contributed by atoms with Crippen LogP contribution < -0.4 is 10.5 Å². The normalized spacial score (nSPS) is 11.8. The molecular formula is C20H24ClN3O2S. The molecule has 0 fully saturated rings. The monoisotopic (exact) mass is 405 g/mol. The van der Waals surface area contributed by atoms with E-state index in [0.29, 0.717) is 22.8 Å². The van der Waals surface area contributed by atoms with Crippen molar-refractivity contribution in [3.8, 4) is 11.3 Å². The van der Waals surface area contributed by atoms with Gasteiger partial charge in [-0.2, -0.15) is 0 Å². The minimum atomic E-state index is -3.32. The summed E-state index contributed by atoms with van der Waals surface area (Å²) in [6.45, 7) is 4.79. The molecule has 0 radical (unpaired) electrons. The molecule has 3 aromatic rings. The molecule has 0 spiro atoms. The number of aromatic nitrogens is 1. The maximum atomic E-state index is 12.1. The second-order valence-corrected chi connectivity index (χ2v) is 8.80.